The van der Waals surface area contributed by atoms with E-state index in [1.807, 2.05) is 0 Å². The highest BCUT2D eigenvalue weighted by atomic mass is 16.4. The van der Waals surface area contributed by atoms with E-state index >= 15 is 0 Å². The van der Waals surface area contributed by atoms with E-state index in [2.05, 4.69) is 5.10 Å². The average molecular weight is 224 g/mol. The van der Waals surface area contributed by atoms with E-state index in [0.717, 1.165) is 25.7 Å². The van der Waals surface area contributed by atoms with Crippen LogP contribution in [0.4, 0.5) is 11.6 Å². The number of hydrogen-bond acceptors (Lipinski definition) is 4. The van der Waals surface area contributed by atoms with Crippen LogP contribution in [0.3, 0.4) is 0 Å². The smallest absolute Gasteiger partial charge is 0.343 e. The van der Waals surface area contributed by atoms with Crippen LogP contribution in [0.5, 0.6) is 0 Å². The molecule has 0 amide bonds. The highest BCUT2D eigenvalue weighted by Gasteiger charge is 2.25. The van der Waals surface area contributed by atoms with Gasteiger partial charge in [-0.25, -0.2) is 9.48 Å². The molecule has 0 aromatic carbocycles. The third-order valence-electron chi connectivity index (χ3n) is 3.11. The molecule has 0 unspecified atom stereocenters. The number of carboxylic acids is 1. The molecular formula is C10H16N4O2. The van der Waals surface area contributed by atoms with E-state index in [4.69, 9.17) is 16.6 Å². The molecule has 0 bridgehead atoms. The van der Waals surface area contributed by atoms with Crippen molar-refractivity contribution in [2.45, 2.75) is 38.1 Å². The van der Waals surface area contributed by atoms with Gasteiger partial charge in [0.2, 0.25) is 0 Å². The first kappa shape index (κ1) is 10.8. The van der Waals surface area contributed by atoms with E-state index in [-0.39, 0.29) is 23.2 Å². The van der Waals surface area contributed by atoms with Crippen molar-refractivity contribution >= 4 is 17.6 Å². The molecule has 0 aliphatic heterocycles. The third-order valence-corrected chi connectivity index (χ3v) is 3.11. The van der Waals surface area contributed by atoms with Gasteiger partial charge in [-0.05, 0) is 12.8 Å². The van der Waals surface area contributed by atoms with Gasteiger partial charge in [0.15, 0.2) is 5.82 Å². The molecule has 1 saturated carbocycles. The van der Waals surface area contributed by atoms with Gasteiger partial charge in [0, 0.05) is 0 Å². The average Bonchev–Trinajstić information content (AvgIpc) is 2.55. The van der Waals surface area contributed by atoms with Crippen LogP contribution in [0.15, 0.2) is 0 Å². The Kier molecular flexibility index (Phi) is 2.72. The zero-order chi connectivity index (χ0) is 11.7. The maximum absolute atomic E-state index is 10.9. The Morgan fingerprint density at radius 3 is 2.44 bits per heavy atom. The lowest BCUT2D eigenvalue weighted by Gasteiger charge is -2.22. The molecule has 1 aliphatic rings. The Hall–Kier alpha value is -1.72. The van der Waals surface area contributed by atoms with Crippen molar-refractivity contribution in [2.75, 3.05) is 11.5 Å². The van der Waals surface area contributed by atoms with E-state index < -0.39 is 5.97 Å². The number of nitrogens with zero attached hydrogens (tertiary/aromatic N) is 2. The fourth-order valence-electron chi connectivity index (χ4n) is 2.29. The summed E-state index contributed by atoms with van der Waals surface area (Å²) in [5.74, 6) is -0.926. The maximum Gasteiger partial charge on any atom is 0.343 e. The highest BCUT2D eigenvalue weighted by Crippen LogP contribution is 2.32. The molecule has 16 heavy (non-hydrogen) atoms. The van der Waals surface area contributed by atoms with Crippen molar-refractivity contribution in [3.05, 3.63) is 5.56 Å². The number of anilines is 2. The van der Waals surface area contributed by atoms with Gasteiger partial charge >= 0.3 is 5.97 Å². The molecule has 88 valence electrons. The van der Waals surface area contributed by atoms with Crippen LogP contribution in [0.2, 0.25) is 0 Å². The molecule has 6 nitrogen and oxygen atoms in total. The lowest BCUT2D eigenvalue weighted by molar-refractivity contribution is 0.0699. The number of hydrogen-bond donors (Lipinski definition) is 3. The summed E-state index contributed by atoms with van der Waals surface area (Å²) in [5, 5.41) is 13.0. The van der Waals surface area contributed by atoms with Gasteiger partial charge in [-0.15, -0.1) is 0 Å². The minimum Gasteiger partial charge on any atom is -0.477 e. The molecule has 5 N–H and O–H groups in total. The molecule has 1 heterocycles. The Morgan fingerprint density at radius 2 is 1.94 bits per heavy atom. The number of aromatic carboxylic acids is 1. The summed E-state index contributed by atoms with van der Waals surface area (Å²) in [6.07, 6.45) is 5.46. The van der Waals surface area contributed by atoms with Crippen molar-refractivity contribution < 1.29 is 9.90 Å². The monoisotopic (exact) mass is 224 g/mol. The number of aromatic nitrogens is 2. The lowest BCUT2D eigenvalue weighted by Crippen LogP contribution is -2.16. The molecule has 1 aromatic heterocycles. The summed E-state index contributed by atoms with van der Waals surface area (Å²) in [7, 11) is 0. The summed E-state index contributed by atoms with van der Waals surface area (Å²) < 4.78 is 1.58. The first-order valence-corrected chi connectivity index (χ1v) is 5.48. The first-order valence-electron chi connectivity index (χ1n) is 5.48. The van der Waals surface area contributed by atoms with Crippen LogP contribution in [-0.2, 0) is 0 Å². The summed E-state index contributed by atoms with van der Waals surface area (Å²) in [4.78, 5) is 10.9. The van der Waals surface area contributed by atoms with Gasteiger partial charge in [-0.3, -0.25) is 0 Å². The Morgan fingerprint density at radius 1 is 1.31 bits per heavy atom. The minimum absolute atomic E-state index is 0.00979. The number of nitrogen functional groups attached to an aromatic ring is 2. The predicted molar refractivity (Wildman–Crippen MR) is 60.1 cm³/mol. The predicted octanol–water partition coefficient (Wildman–Crippen LogP) is 1.25. The molecule has 2 rings (SSSR count). The van der Waals surface area contributed by atoms with Crippen molar-refractivity contribution in [1.29, 1.82) is 0 Å². The quantitative estimate of drug-likeness (QED) is 0.700. The number of carbonyl (C=O) groups is 1. The van der Waals surface area contributed by atoms with Crippen LogP contribution >= 0.6 is 0 Å². The summed E-state index contributed by atoms with van der Waals surface area (Å²) in [5.41, 5.74) is 11.3. The van der Waals surface area contributed by atoms with Gasteiger partial charge in [0.1, 0.15) is 11.4 Å². The summed E-state index contributed by atoms with van der Waals surface area (Å²) in [6.45, 7) is 0. The van der Waals surface area contributed by atoms with Crippen LogP contribution in [0, 0.1) is 0 Å². The topological polar surface area (TPSA) is 107 Å². The van der Waals surface area contributed by atoms with Crippen molar-refractivity contribution in [1.82, 2.24) is 9.78 Å². The number of nitrogens with two attached hydrogens (primary N) is 2. The standard InChI is InChI=1S/C10H16N4O2/c11-8-7(10(15)16)9(12)14(13-8)6-4-2-1-3-5-6/h6H,1-5,12H2,(H2,11,13)(H,15,16). The van der Waals surface area contributed by atoms with Crippen LogP contribution in [0.1, 0.15) is 48.5 Å². The lowest BCUT2D eigenvalue weighted by atomic mass is 9.96. The van der Waals surface area contributed by atoms with Crippen molar-refractivity contribution in [3.8, 4) is 0 Å². The minimum atomic E-state index is -1.11. The number of rotatable bonds is 2. The molecule has 0 spiro atoms. The maximum atomic E-state index is 10.9. The Balaban J connectivity index is 2.34. The van der Waals surface area contributed by atoms with Crippen LogP contribution in [0.25, 0.3) is 0 Å². The van der Waals surface area contributed by atoms with E-state index in [9.17, 15) is 4.79 Å². The van der Waals surface area contributed by atoms with E-state index in [1.54, 1.807) is 4.68 Å². The van der Waals surface area contributed by atoms with Crippen molar-refractivity contribution in [2.24, 2.45) is 0 Å². The molecule has 0 radical (unpaired) electrons. The summed E-state index contributed by atoms with van der Waals surface area (Å²) >= 11 is 0. The van der Waals surface area contributed by atoms with Gasteiger partial charge in [0.25, 0.3) is 0 Å². The summed E-state index contributed by atoms with van der Waals surface area (Å²) in [6, 6.07) is 0.198. The molecular weight excluding hydrogens is 208 g/mol. The normalized spacial score (nSPS) is 17.5. The first-order chi connectivity index (χ1) is 7.61. The zero-order valence-corrected chi connectivity index (χ0v) is 9.02. The molecule has 1 aromatic rings. The second-order valence-electron chi connectivity index (χ2n) is 4.19. The largest absolute Gasteiger partial charge is 0.477 e. The van der Waals surface area contributed by atoms with Gasteiger partial charge in [-0.1, -0.05) is 19.3 Å². The molecule has 6 heteroatoms. The fourth-order valence-corrected chi connectivity index (χ4v) is 2.29. The van der Waals surface area contributed by atoms with Gasteiger partial charge < -0.3 is 16.6 Å². The van der Waals surface area contributed by atoms with E-state index in [1.165, 1.54) is 6.42 Å². The van der Waals surface area contributed by atoms with Gasteiger partial charge in [-0.2, -0.15) is 5.10 Å². The number of carboxylic acid groups (broad SMARTS) is 1. The molecule has 1 fully saturated rings. The highest BCUT2D eigenvalue weighted by molar-refractivity contribution is 5.97. The molecule has 1 aliphatic carbocycles. The second kappa shape index (κ2) is 4.03. The van der Waals surface area contributed by atoms with Gasteiger partial charge in [0.05, 0.1) is 6.04 Å². The molecule has 0 saturated heterocycles. The SMILES string of the molecule is Nc1nn(C2CCCCC2)c(N)c1C(=O)O. The second-order valence-corrected chi connectivity index (χ2v) is 4.19. The zero-order valence-electron chi connectivity index (χ0n) is 9.02. The van der Waals surface area contributed by atoms with Crippen LogP contribution < -0.4 is 11.5 Å². The molecule has 0 atom stereocenters. The van der Waals surface area contributed by atoms with Crippen LogP contribution in [-0.4, -0.2) is 20.9 Å². The Labute approximate surface area is 93.2 Å². The van der Waals surface area contributed by atoms with Crippen molar-refractivity contribution in [3.63, 3.8) is 0 Å². The van der Waals surface area contributed by atoms with E-state index in [0.29, 0.717) is 0 Å². The Bertz CT molecular complexity index is 407. The fraction of sp³-hybridized carbons (Fsp3) is 0.600. The third kappa shape index (κ3) is 1.70.